The van der Waals surface area contributed by atoms with E-state index >= 15 is 0 Å². The largest absolute Gasteiger partial charge is 0.393 e. The van der Waals surface area contributed by atoms with Crippen LogP contribution < -0.4 is 5.32 Å². The molecule has 4 saturated carbocycles. The van der Waals surface area contributed by atoms with E-state index in [9.17, 15) is 24.6 Å². The number of aliphatic hydroxyl groups excluding tert-OH is 2. The molecule has 0 bridgehead atoms. The lowest BCUT2D eigenvalue weighted by atomic mass is 9.44. The Morgan fingerprint density at radius 1 is 0.796 bits per heavy atom. The van der Waals surface area contributed by atoms with Crippen molar-refractivity contribution < 1.29 is 24.6 Å². The van der Waals surface area contributed by atoms with E-state index in [1.54, 1.807) is 4.90 Å². The van der Waals surface area contributed by atoms with Gasteiger partial charge >= 0.3 is 0 Å². The molecule has 54 heavy (non-hydrogen) atoms. The first-order chi connectivity index (χ1) is 26.0. The van der Waals surface area contributed by atoms with Crippen molar-refractivity contribution in [3.63, 3.8) is 0 Å². The minimum absolute atomic E-state index is 0.00456. The minimum Gasteiger partial charge on any atom is -0.393 e. The lowest BCUT2D eigenvalue weighted by Crippen LogP contribution is -2.63. The topological polar surface area (TPSA) is 113 Å². The predicted molar refractivity (Wildman–Crippen MR) is 208 cm³/mol. The zero-order valence-corrected chi connectivity index (χ0v) is 32.5. The van der Waals surface area contributed by atoms with E-state index in [1.165, 1.54) is 19.3 Å². The summed E-state index contributed by atoms with van der Waals surface area (Å²) in [7, 11) is 0. The number of rotatable bonds is 8. The van der Waals surface area contributed by atoms with Crippen molar-refractivity contribution >= 4 is 17.7 Å². The fraction of sp³-hybridized carbons (Fsp3) is 0.667. The van der Waals surface area contributed by atoms with E-state index in [4.69, 9.17) is 0 Å². The lowest BCUT2D eigenvalue weighted by molar-refractivity contribution is -0.158. The van der Waals surface area contributed by atoms with Gasteiger partial charge in [-0.1, -0.05) is 74.5 Å². The molecule has 2 aromatic rings. The number of carbonyl (C=O) groups is 3. The molecule has 6 fully saturated rings. The van der Waals surface area contributed by atoms with Gasteiger partial charge in [-0.3, -0.25) is 19.3 Å². The molecular weight excluding hydrogens is 677 g/mol. The maximum absolute atomic E-state index is 14.3. The van der Waals surface area contributed by atoms with E-state index in [0.717, 1.165) is 62.7 Å². The standard InChI is InChI=1S/C45H62N4O5/c1-44-20-19-35-33(34(44)17-18-40(44)51)16-15-32-28-39(50)38(29-45(32,35)2)47-22-24-48(25-23-47)43(54)37-14-9-21-49(37)42(53)36(26-30-10-5-3-6-11-30)46-41(52)27-31-12-7-4-8-13-31/h3-8,10-13,32-40,50-51H,9,14-29H2,1-2H3,(H,46,52)/t32-,33-,34-,35-,36-,37-,38-,39-,40-,44-,45-/m0/s1. The molecule has 9 heteroatoms. The van der Waals surface area contributed by atoms with Crippen LogP contribution in [0.15, 0.2) is 60.7 Å². The Morgan fingerprint density at radius 3 is 2.20 bits per heavy atom. The quantitative estimate of drug-likeness (QED) is 0.358. The summed E-state index contributed by atoms with van der Waals surface area (Å²) < 4.78 is 0. The highest BCUT2D eigenvalue weighted by Crippen LogP contribution is 2.66. The van der Waals surface area contributed by atoms with E-state index in [1.807, 2.05) is 65.6 Å². The van der Waals surface area contributed by atoms with E-state index in [-0.39, 0.29) is 53.2 Å². The molecular formula is C45H62N4O5. The Labute approximate surface area is 321 Å². The van der Waals surface area contributed by atoms with Crippen molar-refractivity contribution in [2.45, 2.75) is 121 Å². The Hall–Kier alpha value is -3.27. The second-order valence-corrected chi connectivity index (χ2v) is 18.4. The number of nitrogens with zero attached hydrogens (tertiary/aromatic N) is 3. The van der Waals surface area contributed by atoms with Crippen molar-refractivity contribution in [3.8, 4) is 0 Å². The number of hydrogen-bond acceptors (Lipinski definition) is 6. The maximum Gasteiger partial charge on any atom is 0.246 e. The number of piperazine rings is 1. The van der Waals surface area contributed by atoms with Crippen LogP contribution in [0.25, 0.3) is 0 Å². The Morgan fingerprint density at radius 2 is 1.48 bits per heavy atom. The maximum atomic E-state index is 14.3. The number of amides is 3. The number of aliphatic hydroxyl groups is 2. The number of likely N-dealkylation sites (tertiary alicyclic amines) is 1. The molecule has 9 nitrogen and oxygen atoms in total. The van der Waals surface area contributed by atoms with Crippen molar-refractivity contribution in [2.24, 2.45) is 34.5 Å². The van der Waals surface area contributed by atoms with Crippen LogP contribution in [0.2, 0.25) is 0 Å². The smallest absolute Gasteiger partial charge is 0.246 e. The molecule has 2 aromatic carbocycles. The average Bonchev–Trinajstić information content (AvgIpc) is 3.79. The summed E-state index contributed by atoms with van der Waals surface area (Å²) in [6, 6.07) is 18.1. The monoisotopic (exact) mass is 738 g/mol. The zero-order chi connectivity index (χ0) is 37.6. The Kier molecular flexibility index (Phi) is 10.7. The van der Waals surface area contributed by atoms with Gasteiger partial charge < -0.3 is 25.3 Å². The number of fused-ring (bicyclic) bond motifs is 5. The SMILES string of the molecule is C[C@]12C[C@H](N3CCN(C(=O)[C@@H]4CCCN4C(=O)[C@H](Cc4ccccc4)NC(=O)Cc4ccccc4)CC3)[C@@H](O)C[C@@H]1CC[C@@H]1[C@@H]2CC[C@]2(C)[C@@H](O)CC[C@@H]12. The molecule has 0 aromatic heterocycles. The first kappa shape index (κ1) is 37.6. The van der Waals surface area contributed by atoms with Crippen LogP contribution in [0.4, 0.5) is 0 Å². The first-order valence-electron chi connectivity index (χ1n) is 21.1. The van der Waals surface area contributed by atoms with Gasteiger partial charge in [0.25, 0.3) is 0 Å². The number of carbonyl (C=O) groups excluding carboxylic acids is 3. The molecule has 292 valence electrons. The summed E-state index contributed by atoms with van der Waals surface area (Å²) in [6.45, 7) is 8.01. The van der Waals surface area contributed by atoms with Gasteiger partial charge in [0.1, 0.15) is 12.1 Å². The number of hydrogen-bond donors (Lipinski definition) is 3. The van der Waals surface area contributed by atoms with Gasteiger partial charge in [0.2, 0.25) is 17.7 Å². The highest BCUT2D eigenvalue weighted by Gasteiger charge is 2.61. The fourth-order valence-corrected chi connectivity index (χ4v) is 12.7. The lowest BCUT2D eigenvalue weighted by Gasteiger charge is -2.62. The van der Waals surface area contributed by atoms with Gasteiger partial charge in [0.15, 0.2) is 0 Å². The normalized spacial score (nSPS) is 37.2. The second kappa shape index (κ2) is 15.3. The molecule has 3 N–H and O–H groups in total. The number of nitrogens with one attached hydrogen (secondary N) is 1. The molecule has 0 unspecified atom stereocenters. The molecule has 2 heterocycles. The third kappa shape index (κ3) is 7.02. The fourth-order valence-electron chi connectivity index (χ4n) is 12.7. The third-order valence-corrected chi connectivity index (χ3v) is 15.7. The summed E-state index contributed by atoms with van der Waals surface area (Å²) >= 11 is 0. The molecule has 0 spiro atoms. The van der Waals surface area contributed by atoms with Crippen LogP contribution in [0, 0.1) is 34.5 Å². The summed E-state index contributed by atoms with van der Waals surface area (Å²) in [5.74, 6) is 2.09. The molecule has 0 radical (unpaired) electrons. The van der Waals surface area contributed by atoms with E-state index in [2.05, 4.69) is 24.1 Å². The first-order valence-corrected chi connectivity index (χ1v) is 21.1. The molecule has 2 aliphatic heterocycles. The Balaban J connectivity index is 0.907. The highest BCUT2D eigenvalue weighted by molar-refractivity contribution is 5.93. The van der Waals surface area contributed by atoms with Gasteiger partial charge in [-0.25, -0.2) is 0 Å². The Bertz CT molecular complexity index is 1650. The van der Waals surface area contributed by atoms with Crippen molar-refractivity contribution in [1.82, 2.24) is 20.0 Å². The van der Waals surface area contributed by atoms with Crippen LogP contribution in [-0.2, 0) is 27.2 Å². The predicted octanol–water partition coefficient (Wildman–Crippen LogP) is 4.83. The molecule has 6 aliphatic rings. The van der Waals surface area contributed by atoms with Gasteiger partial charge in [0.05, 0.1) is 18.6 Å². The van der Waals surface area contributed by atoms with Crippen molar-refractivity contribution in [2.75, 3.05) is 32.7 Å². The van der Waals surface area contributed by atoms with Gasteiger partial charge in [0, 0.05) is 45.2 Å². The molecule has 3 amide bonds. The minimum atomic E-state index is -0.761. The summed E-state index contributed by atoms with van der Waals surface area (Å²) in [5, 5.41) is 25.6. The summed E-state index contributed by atoms with van der Waals surface area (Å²) in [5.41, 5.74) is 2.10. The van der Waals surface area contributed by atoms with E-state index in [0.29, 0.717) is 56.1 Å². The van der Waals surface area contributed by atoms with Gasteiger partial charge in [-0.05, 0) is 110 Å². The zero-order valence-electron chi connectivity index (χ0n) is 32.5. The molecule has 11 atom stereocenters. The van der Waals surface area contributed by atoms with Crippen LogP contribution in [0.1, 0.15) is 89.2 Å². The summed E-state index contributed by atoms with van der Waals surface area (Å²) in [4.78, 5) is 47.8. The van der Waals surface area contributed by atoms with Crippen LogP contribution in [0.3, 0.4) is 0 Å². The molecule has 4 aliphatic carbocycles. The molecule has 8 rings (SSSR count). The summed E-state index contributed by atoms with van der Waals surface area (Å²) in [6.07, 6.45) is 10.1. The van der Waals surface area contributed by atoms with Gasteiger partial charge in [-0.2, -0.15) is 0 Å². The third-order valence-electron chi connectivity index (χ3n) is 15.7. The van der Waals surface area contributed by atoms with E-state index < -0.39 is 12.1 Å². The van der Waals surface area contributed by atoms with Crippen molar-refractivity contribution in [3.05, 3.63) is 71.8 Å². The van der Waals surface area contributed by atoms with Crippen LogP contribution >= 0.6 is 0 Å². The van der Waals surface area contributed by atoms with Gasteiger partial charge in [-0.15, -0.1) is 0 Å². The van der Waals surface area contributed by atoms with Crippen LogP contribution in [0.5, 0.6) is 0 Å². The average molecular weight is 739 g/mol. The second-order valence-electron chi connectivity index (χ2n) is 18.4. The van der Waals surface area contributed by atoms with Crippen molar-refractivity contribution in [1.29, 1.82) is 0 Å². The molecule has 2 saturated heterocycles. The highest BCUT2D eigenvalue weighted by atomic mass is 16.3. The van der Waals surface area contributed by atoms with Crippen LogP contribution in [-0.4, -0.2) is 106 Å². The number of benzene rings is 2.